The second-order valence-corrected chi connectivity index (χ2v) is 5.61. The van der Waals surface area contributed by atoms with E-state index in [9.17, 15) is 0 Å². The van der Waals surface area contributed by atoms with E-state index in [1.807, 2.05) is 6.92 Å². The Labute approximate surface area is 109 Å². The Morgan fingerprint density at radius 3 is 3.06 bits per heavy atom. The number of nitrogens with two attached hydrogens (primary N) is 1. The summed E-state index contributed by atoms with van der Waals surface area (Å²) in [4.78, 5) is 8.20. The van der Waals surface area contributed by atoms with Gasteiger partial charge in [0.15, 0.2) is 0 Å². The molecule has 0 aliphatic heterocycles. The van der Waals surface area contributed by atoms with Crippen LogP contribution >= 0.6 is 0 Å². The molecule has 0 aromatic carbocycles. The zero-order valence-corrected chi connectivity index (χ0v) is 11.4. The molecule has 1 aromatic rings. The first kappa shape index (κ1) is 13.1. The van der Waals surface area contributed by atoms with Gasteiger partial charge in [0.05, 0.1) is 0 Å². The third-order valence-corrected chi connectivity index (χ3v) is 3.88. The van der Waals surface area contributed by atoms with Crippen molar-refractivity contribution in [3.8, 4) is 0 Å². The van der Waals surface area contributed by atoms with Crippen molar-refractivity contribution in [3.63, 3.8) is 0 Å². The van der Waals surface area contributed by atoms with Gasteiger partial charge >= 0.3 is 0 Å². The van der Waals surface area contributed by atoms with Crippen molar-refractivity contribution < 1.29 is 0 Å². The van der Waals surface area contributed by atoms with Gasteiger partial charge < -0.3 is 11.1 Å². The van der Waals surface area contributed by atoms with Crippen LogP contribution in [0.4, 0.5) is 11.8 Å². The number of nitrogens with one attached hydrogen (secondary N) is 1. The maximum atomic E-state index is 5.60. The molecular formula is C14H24N4. The lowest BCUT2D eigenvalue weighted by Gasteiger charge is -2.26. The summed E-state index contributed by atoms with van der Waals surface area (Å²) in [6.07, 6.45) is 8.57. The first-order chi connectivity index (χ1) is 8.65. The van der Waals surface area contributed by atoms with Crippen LogP contribution < -0.4 is 11.1 Å². The van der Waals surface area contributed by atoms with Crippen LogP contribution in [0.3, 0.4) is 0 Å². The number of nitrogens with zero attached hydrogens (tertiary/aromatic N) is 2. The van der Waals surface area contributed by atoms with Crippen LogP contribution in [0.2, 0.25) is 0 Å². The first-order valence-electron chi connectivity index (χ1n) is 6.98. The van der Waals surface area contributed by atoms with Crippen LogP contribution in [-0.2, 0) is 0 Å². The number of hydrogen-bond acceptors (Lipinski definition) is 4. The number of nitrogen functional groups attached to an aromatic ring is 1. The second kappa shape index (κ2) is 6.03. The Balaban J connectivity index is 1.79. The summed E-state index contributed by atoms with van der Waals surface area (Å²) in [6, 6.07) is 0. The smallest absolute Gasteiger partial charge is 0.221 e. The van der Waals surface area contributed by atoms with E-state index in [1.165, 1.54) is 32.1 Å². The molecule has 2 rings (SSSR count). The van der Waals surface area contributed by atoms with E-state index in [2.05, 4.69) is 22.2 Å². The van der Waals surface area contributed by atoms with Gasteiger partial charge in [0.1, 0.15) is 5.82 Å². The van der Waals surface area contributed by atoms with Gasteiger partial charge in [-0.3, -0.25) is 0 Å². The summed E-state index contributed by atoms with van der Waals surface area (Å²) in [5.74, 6) is 3.00. The minimum atomic E-state index is 0.342. The quantitative estimate of drug-likeness (QED) is 0.859. The van der Waals surface area contributed by atoms with E-state index < -0.39 is 0 Å². The van der Waals surface area contributed by atoms with Crippen molar-refractivity contribution in [1.82, 2.24) is 9.97 Å². The zero-order valence-electron chi connectivity index (χ0n) is 11.4. The Bertz CT molecular complexity index is 391. The highest BCUT2D eigenvalue weighted by Gasteiger charge is 2.18. The molecule has 1 heterocycles. The summed E-state index contributed by atoms with van der Waals surface area (Å²) < 4.78 is 0. The normalized spacial score (nSPS) is 23.9. The van der Waals surface area contributed by atoms with Crippen LogP contribution in [0, 0.1) is 18.8 Å². The Kier molecular flexibility index (Phi) is 4.39. The molecule has 1 aliphatic carbocycles. The molecule has 0 amide bonds. The maximum absolute atomic E-state index is 5.60. The van der Waals surface area contributed by atoms with Gasteiger partial charge in [-0.2, -0.15) is 4.98 Å². The third kappa shape index (κ3) is 3.59. The average molecular weight is 248 g/mol. The van der Waals surface area contributed by atoms with E-state index in [-0.39, 0.29) is 0 Å². The highest BCUT2D eigenvalue weighted by atomic mass is 15.1. The summed E-state index contributed by atoms with van der Waals surface area (Å²) in [5, 5.41) is 3.38. The minimum Gasteiger partial charge on any atom is -0.370 e. The standard InChI is InChI=1S/C14H24N4/c1-10-4-3-5-12(8-10)6-7-16-13-11(2)9-17-14(15)18-13/h9-10,12H,3-8H2,1-2H3,(H3,15,16,17,18). The van der Waals surface area contributed by atoms with Gasteiger partial charge in [0.2, 0.25) is 5.95 Å². The first-order valence-corrected chi connectivity index (χ1v) is 6.98. The lowest BCUT2D eigenvalue weighted by Crippen LogP contribution is -2.17. The lowest BCUT2D eigenvalue weighted by atomic mass is 9.81. The SMILES string of the molecule is Cc1cnc(N)nc1NCCC1CCCC(C)C1. The van der Waals surface area contributed by atoms with Gasteiger partial charge in [-0.15, -0.1) is 0 Å². The molecule has 0 spiro atoms. The number of rotatable bonds is 4. The van der Waals surface area contributed by atoms with E-state index in [0.717, 1.165) is 29.8 Å². The van der Waals surface area contributed by atoms with E-state index in [4.69, 9.17) is 5.73 Å². The van der Waals surface area contributed by atoms with E-state index in [1.54, 1.807) is 6.20 Å². The average Bonchev–Trinajstić information content (AvgIpc) is 2.34. The molecule has 1 saturated carbocycles. The van der Waals surface area contributed by atoms with Crippen LogP contribution in [0.1, 0.15) is 44.6 Å². The van der Waals surface area contributed by atoms with Crippen molar-refractivity contribution in [2.24, 2.45) is 11.8 Å². The summed E-state index contributed by atoms with van der Waals surface area (Å²) in [7, 11) is 0. The molecule has 0 saturated heterocycles. The molecule has 3 N–H and O–H groups in total. The number of aryl methyl sites for hydroxylation is 1. The fourth-order valence-electron chi connectivity index (χ4n) is 2.85. The Hall–Kier alpha value is -1.32. The minimum absolute atomic E-state index is 0.342. The van der Waals surface area contributed by atoms with Crippen LogP contribution in [0.5, 0.6) is 0 Å². The van der Waals surface area contributed by atoms with Gasteiger partial charge in [0.25, 0.3) is 0 Å². The Morgan fingerprint density at radius 1 is 1.44 bits per heavy atom. The molecular weight excluding hydrogens is 224 g/mol. The molecule has 2 unspecified atom stereocenters. The molecule has 100 valence electrons. The topological polar surface area (TPSA) is 63.8 Å². The molecule has 0 bridgehead atoms. The summed E-state index contributed by atoms with van der Waals surface area (Å²) in [6.45, 7) is 5.36. The molecule has 1 aliphatic rings. The zero-order chi connectivity index (χ0) is 13.0. The molecule has 1 aromatic heterocycles. The predicted molar refractivity (Wildman–Crippen MR) is 75.4 cm³/mol. The van der Waals surface area contributed by atoms with Crippen molar-refractivity contribution in [1.29, 1.82) is 0 Å². The fraction of sp³-hybridized carbons (Fsp3) is 0.714. The molecule has 18 heavy (non-hydrogen) atoms. The van der Waals surface area contributed by atoms with Gasteiger partial charge in [-0.1, -0.05) is 26.2 Å². The van der Waals surface area contributed by atoms with Crippen LogP contribution in [0.15, 0.2) is 6.20 Å². The van der Waals surface area contributed by atoms with E-state index >= 15 is 0 Å². The number of anilines is 2. The molecule has 0 radical (unpaired) electrons. The van der Waals surface area contributed by atoms with Gasteiger partial charge in [-0.25, -0.2) is 4.98 Å². The highest BCUT2D eigenvalue weighted by molar-refractivity contribution is 5.44. The predicted octanol–water partition coefficient (Wildman–Crippen LogP) is 3.00. The van der Waals surface area contributed by atoms with Crippen molar-refractivity contribution in [3.05, 3.63) is 11.8 Å². The molecule has 2 atom stereocenters. The fourth-order valence-corrected chi connectivity index (χ4v) is 2.85. The van der Waals surface area contributed by atoms with Gasteiger partial charge in [-0.05, 0) is 31.6 Å². The summed E-state index contributed by atoms with van der Waals surface area (Å²) in [5.41, 5.74) is 6.65. The van der Waals surface area contributed by atoms with Crippen molar-refractivity contribution in [2.75, 3.05) is 17.6 Å². The second-order valence-electron chi connectivity index (χ2n) is 5.61. The highest BCUT2D eigenvalue weighted by Crippen LogP contribution is 2.30. The summed E-state index contributed by atoms with van der Waals surface area (Å²) >= 11 is 0. The van der Waals surface area contributed by atoms with Crippen LogP contribution in [-0.4, -0.2) is 16.5 Å². The monoisotopic (exact) mass is 248 g/mol. The largest absolute Gasteiger partial charge is 0.370 e. The van der Waals surface area contributed by atoms with E-state index in [0.29, 0.717) is 5.95 Å². The molecule has 1 fully saturated rings. The van der Waals surface area contributed by atoms with Crippen molar-refractivity contribution in [2.45, 2.75) is 46.0 Å². The third-order valence-electron chi connectivity index (χ3n) is 3.88. The Morgan fingerprint density at radius 2 is 2.28 bits per heavy atom. The molecule has 4 nitrogen and oxygen atoms in total. The number of aromatic nitrogens is 2. The maximum Gasteiger partial charge on any atom is 0.221 e. The number of hydrogen-bond donors (Lipinski definition) is 2. The molecule has 4 heteroatoms. The van der Waals surface area contributed by atoms with Gasteiger partial charge in [0, 0.05) is 18.3 Å². The van der Waals surface area contributed by atoms with Crippen LogP contribution in [0.25, 0.3) is 0 Å². The lowest BCUT2D eigenvalue weighted by molar-refractivity contribution is 0.274. The van der Waals surface area contributed by atoms with Crippen molar-refractivity contribution >= 4 is 11.8 Å².